The van der Waals surface area contributed by atoms with Gasteiger partial charge in [0.25, 0.3) is 0 Å². The lowest BCUT2D eigenvalue weighted by Gasteiger charge is -2.36. The normalized spacial score (nSPS) is 21.3. The van der Waals surface area contributed by atoms with Crippen LogP contribution in [0.1, 0.15) is 25.8 Å². The standard InChI is InChI=1S/C16H25N3O2/c1-5-8-19-15(17)18-11-16(19,2)10-12-6-7-13(20-3)14(9-12)21-4/h6-7,9H,5,8,10-11H2,1-4H3,(H2,17,18). The second-order valence-corrected chi connectivity index (χ2v) is 5.69. The van der Waals surface area contributed by atoms with Crippen LogP contribution in [0.15, 0.2) is 23.2 Å². The van der Waals surface area contributed by atoms with E-state index in [2.05, 4.69) is 29.8 Å². The molecule has 1 aliphatic rings. The number of hydrogen-bond acceptors (Lipinski definition) is 5. The Morgan fingerprint density at radius 1 is 1.29 bits per heavy atom. The Morgan fingerprint density at radius 2 is 2.00 bits per heavy atom. The number of guanidine groups is 1. The molecule has 0 radical (unpaired) electrons. The van der Waals surface area contributed by atoms with E-state index in [1.807, 2.05) is 12.1 Å². The van der Waals surface area contributed by atoms with Gasteiger partial charge in [-0.1, -0.05) is 13.0 Å². The summed E-state index contributed by atoms with van der Waals surface area (Å²) in [5, 5.41) is 0. The van der Waals surface area contributed by atoms with Crippen LogP contribution in [0.2, 0.25) is 0 Å². The van der Waals surface area contributed by atoms with Gasteiger partial charge in [-0.2, -0.15) is 0 Å². The van der Waals surface area contributed by atoms with E-state index in [-0.39, 0.29) is 5.54 Å². The molecule has 2 N–H and O–H groups in total. The Bertz CT molecular complexity index is 530. The lowest BCUT2D eigenvalue weighted by Crippen LogP contribution is -2.51. The van der Waals surface area contributed by atoms with Crippen molar-refractivity contribution in [1.29, 1.82) is 0 Å². The van der Waals surface area contributed by atoms with E-state index in [4.69, 9.17) is 15.2 Å². The van der Waals surface area contributed by atoms with E-state index in [0.29, 0.717) is 5.96 Å². The summed E-state index contributed by atoms with van der Waals surface area (Å²) in [5.41, 5.74) is 7.15. The van der Waals surface area contributed by atoms with Crippen LogP contribution in [-0.4, -0.2) is 43.7 Å². The summed E-state index contributed by atoms with van der Waals surface area (Å²) >= 11 is 0. The molecule has 5 nitrogen and oxygen atoms in total. The maximum Gasteiger partial charge on any atom is 0.191 e. The molecule has 0 aliphatic carbocycles. The summed E-state index contributed by atoms with van der Waals surface area (Å²) < 4.78 is 10.7. The molecule has 1 aromatic carbocycles. The van der Waals surface area contributed by atoms with E-state index in [0.717, 1.165) is 37.4 Å². The monoisotopic (exact) mass is 291 g/mol. The highest BCUT2D eigenvalue weighted by Crippen LogP contribution is 2.31. The molecule has 0 saturated carbocycles. The molecule has 1 unspecified atom stereocenters. The van der Waals surface area contributed by atoms with Crippen LogP contribution < -0.4 is 15.2 Å². The molecule has 0 fully saturated rings. The predicted molar refractivity (Wildman–Crippen MR) is 85.1 cm³/mol. The van der Waals surface area contributed by atoms with Crippen molar-refractivity contribution >= 4 is 5.96 Å². The van der Waals surface area contributed by atoms with Crippen molar-refractivity contribution in [1.82, 2.24) is 4.90 Å². The van der Waals surface area contributed by atoms with E-state index < -0.39 is 0 Å². The number of hydrogen-bond donors (Lipinski definition) is 1. The Kier molecular flexibility index (Phi) is 4.60. The van der Waals surface area contributed by atoms with Gasteiger partial charge >= 0.3 is 0 Å². The minimum Gasteiger partial charge on any atom is -0.493 e. The summed E-state index contributed by atoms with van der Waals surface area (Å²) in [5.74, 6) is 2.16. The lowest BCUT2D eigenvalue weighted by atomic mass is 9.91. The van der Waals surface area contributed by atoms with Crippen molar-refractivity contribution in [3.05, 3.63) is 23.8 Å². The first kappa shape index (κ1) is 15.5. The molecule has 21 heavy (non-hydrogen) atoms. The van der Waals surface area contributed by atoms with Crippen LogP contribution in [0.3, 0.4) is 0 Å². The number of nitrogens with two attached hydrogens (primary N) is 1. The SMILES string of the molecule is CCCN1C(N)=NCC1(C)Cc1ccc(OC)c(OC)c1. The second kappa shape index (κ2) is 6.24. The molecule has 1 aromatic rings. The fourth-order valence-corrected chi connectivity index (χ4v) is 2.89. The van der Waals surface area contributed by atoms with Gasteiger partial charge in [-0.25, -0.2) is 0 Å². The molecule has 0 spiro atoms. The zero-order valence-electron chi connectivity index (χ0n) is 13.3. The van der Waals surface area contributed by atoms with E-state index >= 15 is 0 Å². The molecule has 5 heteroatoms. The van der Waals surface area contributed by atoms with Crippen molar-refractivity contribution in [3.63, 3.8) is 0 Å². The molecule has 0 amide bonds. The number of ether oxygens (including phenoxy) is 2. The fraction of sp³-hybridized carbons (Fsp3) is 0.562. The van der Waals surface area contributed by atoms with Crippen LogP contribution in [0.25, 0.3) is 0 Å². The molecular formula is C16H25N3O2. The number of rotatable bonds is 6. The molecule has 1 aliphatic heterocycles. The van der Waals surface area contributed by atoms with Gasteiger partial charge in [-0.05, 0) is 37.5 Å². The third kappa shape index (κ3) is 3.06. The average molecular weight is 291 g/mol. The van der Waals surface area contributed by atoms with Crippen molar-refractivity contribution in [3.8, 4) is 11.5 Å². The van der Waals surface area contributed by atoms with Gasteiger partial charge in [0, 0.05) is 6.54 Å². The molecule has 116 valence electrons. The van der Waals surface area contributed by atoms with Gasteiger partial charge in [0.1, 0.15) is 0 Å². The molecular weight excluding hydrogens is 266 g/mol. The second-order valence-electron chi connectivity index (χ2n) is 5.69. The number of aliphatic imine (C=N–C) groups is 1. The van der Waals surface area contributed by atoms with Gasteiger partial charge < -0.3 is 20.1 Å². The van der Waals surface area contributed by atoms with Crippen LogP contribution in [0, 0.1) is 0 Å². The summed E-state index contributed by atoms with van der Waals surface area (Å²) in [6.07, 6.45) is 1.93. The van der Waals surface area contributed by atoms with Gasteiger partial charge in [0.05, 0.1) is 26.3 Å². The Labute approximate surface area is 126 Å². The topological polar surface area (TPSA) is 60.1 Å². The number of methoxy groups -OCH3 is 2. The van der Waals surface area contributed by atoms with E-state index in [1.54, 1.807) is 14.2 Å². The largest absolute Gasteiger partial charge is 0.493 e. The minimum absolute atomic E-state index is 0.0697. The van der Waals surface area contributed by atoms with Crippen LogP contribution in [0.5, 0.6) is 11.5 Å². The summed E-state index contributed by atoms with van der Waals surface area (Å²) in [4.78, 5) is 6.64. The van der Waals surface area contributed by atoms with Crippen molar-refractivity contribution in [2.24, 2.45) is 10.7 Å². The molecule has 1 heterocycles. The first-order valence-corrected chi connectivity index (χ1v) is 7.32. The highest BCUT2D eigenvalue weighted by Gasteiger charge is 2.37. The van der Waals surface area contributed by atoms with Gasteiger partial charge in [-0.3, -0.25) is 4.99 Å². The van der Waals surface area contributed by atoms with Crippen molar-refractivity contribution in [2.75, 3.05) is 27.3 Å². The first-order valence-electron chi connectivity index (χ1n) is 7.32. The zero-order chi connectivity index (χ0) is 15.5. The highest BCUT2D eigenvalue weighted by atomic mass is 16.5. The van der Waals surface area contributed by atoms with Gasteiger partial charge in [0.15, 0.2) is 17.5 Å². The Hall–Kier alpha value is -1.91. The molecule has 0 bridgehead atoms. The van der Waals surface area contributed by atoms with Crippen LogP contribution >= 0.6 is 0 Å². The Morgan fingerprint density at radius 3 is 2.62 bits per heavy atom. The molecule has 2 rings (SSSR count). The molecule has 0 saturated heterocycles. The van der Waals surface area contributed by atoms with Gasteiger partial charge in [-0.15, -0.1) is 0 Å². The summed E-state index contributed by atoms with van der Waals surface area (Å²) in [6.45, 7) is 6.03. The van der Waals surface area contributed by atoms with Gasteiger partial charge in [0.2, 0.25) is 0 Å². The first-order chi connectivity index (χ1) is 10.0. The van der Waals surface area contributed by atoms with E-state index in [1.165, 1.54) is 5.56 Å². The van der Waals surface area contributed by atoms with Crippen LogP contribution in [-0.2, 0) is 6.42 Å². The Balaban J connectivity index is 2.21. The smallest absolute Gasteiger partial charge is 0.191 e. The maximum atomic E-state index is 6.03. The number of nitrogens with zero attached hydrogens (tertiary/aromatic N) is 2. The predicted octanol–water partition coefficient (Wildman–Crippen LogP) is 2.05. The zero-order valence-corrected chi connectivity index (χ0v) is 13.3. The molecule has 1 atom stereocenters. The van der Waals surface area contributed by atoms with E-state index in [9.17, 15) is 0 Å². The van der Waals surface area contributed by atoms with Crippen molar-refractivity contribution < 1.29 is 9.47 Å². The minimum atomic E-state index is -0.0697. The average Bonchev–Trinajstić information content (AvgIpc) is 2.76. The quantitative estimate of drug-likeness (QED) is 0.871. The fourth-order valence-electron chi connectivity index (χ4n) is 2.89. The lowest BCUT2D eigenvalue weighted by molar-refractivity contribution is 0.221. The number of benzene rings is 1. The summed E-state index contributed by atoms with van der Waals surface area (Å²) in [7, 11) is 3.30. The third-order valence-corrected chi connectivity index (χ3v) is 3.99. The third-order valence-electron chi connectivity index (χ3n) is 3.99. The molecule has 0 aromatic heterocycles. The highest BCUT2D eigenvalue weighted by molar-refractivity contribution is 5.81. The van der Waals surface area contributed by atoms with Crippen LogP contribution in [0.4, 0.5) is 0 Å². The maximum absolute atomic E-state index is 6.03. The van der Waals surface area contributed by atoms with Crippen molar-refractivity contribution in [2.45, 2.75) is 32.2 Å². The summed E-state index contributed by atoms with van der Waals surface area (Å²) in [6, 6.07) is 6.05.